The highest BCUT2D eigenvalue weighted by molar-refractivity contribution is 9.10. The molecule has 0 saturated heterocycles. The third-order valence-corrected chi connectivity index (χ3v) is 3.11. The number of hydrogen-bond acceptors (Lipinski definition) is 3. The fourth-order valence-corrected chi connectivity index (χ4v) is 1.73. The van der Waals surface area contributed by atoms with Gasteiger partial charge in [-0.25, -0.2) is 9.59 Å². The van der Waals surface area contributed by atoms with Gasteiger partial charge >= 0.3 is 12.0 Å². The van der Waals surface area contributed by atoms with E-state index in [0.29, 0.717) is 15.2 Å². The van der Waals surface area contributed by atoms with E-state index in [4.69, 9.17) is 16.7 Å². The standard InChI is InChI=1S/C11H12BrClN2O4/c1-19-9(10(16)17)5-14-11(18)15-8-4-6(13)2-3-7(8)12/h2-4,9H,5H2,1H3,(H,16,17)(H2,14,15,18). The second-order valence-corrected chi connectivity index (χ2v) is 4.81. The minimum absolute atomic E-state index is 0.143. The van der Waals surface area contributed by atoms with E-state index in [0.717, 1.165) is 0 Å². The number of carboxylic acid groups (broad SMARTS) is 1. The second-order valence-electron chi connectivity index (χ2n) is 3.52. The number of methoxy groups -OCH3 is 1. The van der Waals surface area contributed by atoms with Crippen molar-refractivity contribution in [2.24, 2.45) is 0 Å². The number of carbonyl (C=O) groups is 2. The van der Waals surface area contributed by atoms with Gasteiger partial charge in [-0.15, -0.1) is 0 Å². The maximum atomic E-state index is 11.6. The van der Waals surface area contributed by atoms with Crippen molar-refractivity contribution in [1.82, 2.24) is 5.32 Å². The van der Waals surface area contributed by atoms with Gasteiger partial charge < -0.3 is 20.5 Å². The van der Waals surface area contributed by atoms with Crippen LogP contribution in [0.4, 0.5) is 10.5 Å². The zero-order valence-corrected chi connectivity index (χ0v) is 12.3. The Morgan fingerprint density at radius 2 is 2.21 bits per heavy atom. The number of halogens is 2. The molecule has 0 radical (unpaired) electrons. The maximum absolute atomic E-state index is 11.6. The number of amides is 2. The summed E-state index contributed by atoms with van der Waals surface area (Å²) in [5, 5.41) is 14.1. The SMILES string of the molecule is COC(CNC(=O)Nc1cc(Cl)ccc1Br)C(=O)O. The van der Waals surface area contributed by atoms with E-state index >= 15 is 0 Å². The molecule has 0 aliphatic heterocycles. The number of carbonyl (C=O) groups excluding carboxylic acids is 1. The van der Waals surface area contributed by atoms with Crippen LogP contribution in [0.15, 0.2) is 22.7 Å². The molecule has 0 aliphatic carbocycles. The Balaban J connectivity index is 2.56. The van der Waals surface area contributed by atoms with E-state index in [9.17, 15) is 9.59 Å². The van der Waals surface area contributed by atoms with Crippen molar-refractivity contribution in [2.75, 3.05) is 19.0 Å². The zero-order chi connectivity index (χ0) is 14.4. The van der Waals surface area contributed by atoms with Crippen LogP contribution in [-0.2, 0) is 9.53 Å². The first-order valence-electron chi connectivity index (χ1n) is 5.19. The molecule has 0 fully saturated rings. The summed E-state index contributed by atoms with van der Waals surface area (Å²) in [7, 11) is 1.26. The Morgan fingerprint density at radius 3 is 2.79 bits per heavy atom. The van der Waals surface area contributed by atoms with Crippen LogP contribution in [0, 0.1) is 0 Å². The van der Waals surface area contributed by atoms with Crippen molar-refractivity contribution >= 4 is 45.2 Å². The number of carboxylic acids is 1. The van der Waals surface area contributed by atoms with Gasteiger partial charge in [-0.2, -0.15) is 0 Å². The van der Waals surface area contributed by atoms with Gasteiger partial charge in [-0.1, -0.05) is 11.6 Å². The lowest BCUT2D eigenvalue weighted by atomic mass is 10.3. The predicted molar refractivity (Wildman–Crippen MR) is 74.6 cm³/mol. The molecule has 8 heteroatoms. The van der Waals surface area contributed by atoms with Gasteiger partial charge in [0.1, 0.15) is 0 Å². The highest BCUT2D eigenvalue weighted by atomic mass is 79.9. The summed E-state index contributed by atoms with van der Waals surface area (Å²) in [6.45, 7) is -0.143. The Bertz CT molecular complexity index is 484. The summed E-state index contributed by atoms with van der Waals surface area (Å²) >= 11 is 9.06. The minimum Gasteiger partial charge on any atom is -0.479 e. The van der Waals surface area contributed by atoms with Gasteiger partial charge in [0.25, 0.3) is 0 Å². The summed E-state index contributed by atoms with van der Waals surface area (Å²) in [5.41, 5.74) is 0.481. The molecule has 0 aromatic heterocycles. The van der Waals surface area contributed by atoms with Gasteiger partial charge in [0, 0.05) is 16.6 Å². The summed E-state index contributed by atoms with van der Waals surface area (Å²) in [4.78, 5) is 22.3. The van der Waals surface area contributed by atoms with Crippen molar-refractivity contribution in [3.8, 4) is 0 Å². The first-order valence-corrected chi connectivity index (χ1v) is 6.36. The van der Waals surface area contributed by atoms with Gasteiger partial charge in [-0.3, -0.25) is 0 Å². The molecule has 0 bridgehead atoms. The lowest BCUT2D eigenvalue weighted by molar-refractivity contribution is -0.147. The Hall–Kier alpha value is -1.31. The van der Waals surface area contributed by atoms with Crippen molar-refractivity contribution in [2.45, 2.75) is 6.10 Å². The summed E-state index contributed by atoms with van der Waals surface area (Å²) < 4.78 is 5.34. The number of nitrogens with one attached hydrogen (secondary N) is 2. The number of benzene rings is 1. The van der Waals surface area contributed by atoms with Crippen LogP contribution >= 0.6 is 27.5 Å². The largest absolute Gasteiger partial charge is 0.479 e. The molecule has 0 spiro atoms. The number of rotatable bonds is 5. The zero-order valence-electron chi connectivity index (χ0n) is 9.94. The first kappa shape index (κ1) is 15.7. The monoisotopic (exact) mass is 350 g/mol. The van der Waals surface area contributed by atoms with Crippen LogP contribution in [-0.4, -0.2) is 36.9 Å². The number of aliphatic carboxylic acids is 1. The smallest absolute Gasteiger partial charge is 0.334 e. The highest BCUT2D eigenvalue weighted by Crippen LogP contribution is 2.25. The molecule has 3 N–H and O–H groups in total. The Morgan fingerprint density at radius 1 is 1.53 bits per heavy atom. The van der Waals surface area contributed by atoms with E-state index < -0.39 is 18.1 Å². The molecule has 0 saturated carbocycles. The molecule has 0 heterocycles. The van der Waals surface area contributed by atoms with Crippen LogP contribution in [0.25, 0.3) is 0 Å². The van der Waals surface area contributed by atoms with Crippen LogP contribution in [0.3, 0.4) is 0 Å². The number of ether oxygens (including phenoxy) is 1. The van der Waals surface area contributed by atoms with Crippen molar-refractivity contribution in [3.63, 3.8) is 0 Å². The third kappa shape index (κ3) is 5.06. The predicted octanol–water partition coefficient (Wildman–Crippen LogP) is 2.32. The quantitative estimate of drug-likeness (QED) is 0.760. The molecule has 19 heavy (non-hydrogen) atoms. The lowest BCUT2D eigenvalue weighted by Crippen LogP contribution is -2.39. The summed E-state index contributed by atoms with van der Waals surface area (Å²) in [6, 6.07) is 4.37. The highest BCUT2D eigenvalue weighted by Gasteiger charge is 2.17. The fraction of sp³-hybridized carbons (Fsp3) is 0.273. The number of hydrogen-bond donors (Lipinski definition) is 3. The molecule has 104 valence electrons. The molecule has 1 aromatic rings. The molecule has 0 aliphatic rings. The summed E-state index contributed by atoms with van der Waals surface area (Å²) in [6.07, 6.45) is -1.09. The van der Waals surface area contributed by atoms with Gasteiger partial charge in [-0.05, 0) is 34.1 Å². The van der Waals surface area contributed by atoms with Gasteiger partial charge in [0.05, 0.1) is 12.2 Å². The van der Waals surface area contributed by atoms with Gasteiger partial charge in [0.2, 0.25) is 0 Å². The topological polar surface area (TPSA) is 87.7 Å². The molecule has 1 aromatic carbocycles. The van der Waals surface area contributed by atoms with E-state index in [1.54, 1.807) is 18.2 Å². The van der Waals surface area contributed by atoms with Crippen LogP contribution < -0.4 is 10.6 Å². The third-order valence-electron chi connectivity index (χ3n) is 2.18. The number of urea groups is 1. The van der Waals surface area contributed by atoms with Crippen LogP contribution in [0.5, 0.6) is 0 Å². The van der Waals surface area contributed by atoms with E-state index in [1.165, 1.54) is 7.11 Å². The lowest BCUT2D eigenvalue weighted by Gasteiger charge is -2.13. The molecule has 1 rings (SSSR count). The Kier molecular flexibility index (Phi) is 6.07. The van der Waals surface area contributed by atoms with Gasteiger partial charge in [0.15, 0.2) is 6.10 Å². The van der Waals surface area contributed by atoms with Crippen molar-refractivity contribution in [1.29, 1.82) is 0 Å². The Labute approximate surface area is 123 Å². The average Bonchev–Trinajstić information content (AvgIpc) is 2.34. The second kappa shape index (κ2) is 7.32. The van der Waals surface area contributed by atoms with E-state index in [1.807, 2.05) is 0 Å². The first-order chi connectivity index (χ1) is 8.93. The molecule has 6 nitrogen and oxygen atoms in total. The normalized spacial score (nSPS) is 11.7. The molecule has 2 amide bonds. The molecule has 1 atom stereocenters. The van der Waals surface area contributed by atoms with E-state index in [-0.39, 0.29) is 6.54 Å². The molecular formula is C11H12BrClN2O4. The molecule has 1 unspecified atom stereocenters. The fourth-order valence-electron chi connectivity index (χ4n) is 1.22. The van der Waals surface area contributed by atoms with Crippen LogP contribution in [0.1, 0.15) is 0 Å². The van der Waals surface area contributed by atoms with Crippen LogP contribution in [0.2, 0.25) is 5.02 Å². The maximum Gasteiger partial charge on any atom is 0.334 e. The van der Waals surface area contributed by atoms with E-state index in [2.05, 4.69) is 31.3 Å². The molecular weight excluding hydrogens is 339 g/mol. The van der Waals surface area contributed by atoms with Crippen molar-refractivity contribution in [3.05, 3.63) is 27.7 Å². The van der Waals surface area contributed by atoms with Crippen molar-refractivity contribution < 1.29 is 19.4 Å². The number of anilines is 1. The summed E-state index contributed by atoms with van der Waals surface area (Å²) in [5.74, 6) is -1.15. The minimum atomic E-state index is -1.15. The average molecular weight is 352 g/mol.